The number of ether oxygens (including phenoxy) is 1. The molecule has 0 bridgehead atoms. The lowest BCUT2D eigenvalue weighted by molar-refractivity contribution is -0.115. The van der Waals surface area contributed by atoms with Gasteiger partial charge in [-0.3, -0.25) is 4.79 Å². The summed E-state index contributed by atoms with van der Waals surface area (Å²) in [4.78, 5) is 23.1. The number of aromatic carboxylic acids is 1. The van der Waals surface area contributed by atoms with Gasteiger partial charge in [0.1, 0.15) is 11.4 Å². The Kier molecular flexibility index (Phi) is 5.24. The van der Waals surface area contributed by atoms with Crippen LogP contribution in [0.25, 0.3) is 0 Å². The molecule has 0 saturated heterocycles. The summed E-state index contributed by atoms with van der Waals surface area (Å²) >= 11 is 0. The lowest BCUT2D eigenvalue weighted by Crippen LogP contribution is -2.24. The molecule has 0 aromatic heterocycles. The van der Waals surface area contributed by atoms with Crippen molar-refractivity contribution >= 4 is 17.6 Å². The number of carbonyl (C=O) groups is 2. The number of hydrogen-bond acceptors (Lipinski definition) is 3. The fourth-order valence-electron chi connectivity index (χ4n) is 2.13. The molecule has 0 aliphatic heterocycles. The maximum absolute atomic E-state index is 12.2. The van der Waals surface area contributed by atoms with Crippen molar-refractivity contribution in [2.45, 2.75) is 32.8 Å². The maximum atomic E-state index is 12.2. The summed E-state index contributed by atoms with van der Waals surface area (Å²) in [5, 5.41) is 11.7. The van der Waals surface area contributed by atoms with E-state index < -0.39 is 5.97 Å². The van der Waals surface area contributed by atoms with Crippen LogP contribution in [0.4, 0.5) is 5.69 Å². The lowest BCUT2D eigenvalue weighted by atomic mass is 10.1. The van der Waals surface area contributed by atoms with Crippen LogP contribution in [0.15, 0.2) is 48.5 Å². The Hall–Kier alpha value is -2.82. The van der Waals surface area contributed by atoms with Crippen molar-refractivity contribution < 1.29 is 19.4 Å². The Bertz CT molecular complexity index is 730. The molecule has 0 unspecified atom stereocenters. The molecule has 0 radical (unpaired) electrons. The van der Waals surface area contributed by atoms with Crippen molar-refractivity contribution in [2.24, 2.45) is 0 Å². The summed E-state index contributed by atoms with van der Waals surface area (Å²) < 4.78 is 5.85. The third-order valence-corrected chi connectivity index (χ3v) is 3.14. The van der Waals surface area contributed by atoms with E-state index in [1.807, 2.05) is 39.0 Å². The average molecular weight is 327 g/mol. The van der Waals surface area contributed by atoms with E-state index >= 15 is 0 Å². The van der Waals surface area contributed by atoms with Gasteiger partial charge >= 0.3 is 5.97 Å². The minimum Gasteiger partial charge on any atom is -0.486 e. The summed E-state index contributed by atoms with van der Waals surface area (Å²) in [6.07, 6.45) is 0.156. The number of rotatable bonds is 5. The Morgan fingerprint density at radius 3 is 2.25 bits per heavy atom. The molecule has 2 rings (SSSR count). The summed E-state index contributed by atoms with van der Waals surface area (Å²) in [7, 11) is 0. The molecular weight excluding hydrogens is 306 g/mol. The van der Waals surface area contributed by atoms with Gasteiger partial charge in [-0.2, -0.15) is 0 Å². The number of hydrogen-bond donors (Lipinski definition) is 2. The molecule has 5 heteroatoms. The number of para-hydroxylation sites is 2. The highest BCUT2D eigenvalue weighted by molar-refractivity contribution is 5.94. The largest absolute Gasteiger partial charge is 0.486 e. The molecule has 0 saturated carbocycles. The van der Waals surface area contributed by atoms with E-state index in [1.165, 1.54) is 12.1 Å². The zero-order chi connectivity index (χ0) is 17.7. The molecule has 2 N–H and O–H groups in total. The van der Waals surface area contributed by atoms with Crippen LogP contribution in [-0.2, 0) is 11.2 Å². The molecule has 1 amide bonds. The highest BCUT2D eigenvalue weighted by Gasteiger charge is 2.15. The second kappa shape index (κ2) is 7.17. The summed E-state index contributed by atoms with van der Waals surface area (Å²) in [6, 6.07) is 13.5. The SMILES string of the molecule is CC(C)(C)Oc1ccccc1NC(=O)Cc1ccc(C(=O)O)cc1. The number of benzene rings is 2. The van der Waals surface area contributed by atoms with E-state index in [0.717, 1.165) is 5.56 Å². The third kappa shape index (κ3) is 5.12. The summed E-state index contributed by atoms with van der Waals surface area (Å²) in [5.41, 5.74) is 1.18. The summed E-state index contributed by atoms with van der Waals surface area (Å²) in [5.74, 6) is -0.568. The van der Waals surface area contributed by atoms with E-state index in [4.69, 9.17) is 9.84 Å². The standard InChI is InChI=1S/C19H21NO4/c1-19(2,3)24-16-7-5-4-6-15(16)20-17(21)12-13-8-10-14(11-9-13)18(22)23/h4-11H,12H2,1-3H3,(H,20,21)(H,22,23). The van der Waals surface area contributed by atoms with E-state index in [9.17, 15) is 9.59 Å². The van der Waals surface area contributed by atoms with Crippen molar-refractivity contribution in [1.82, 2.24) is 0 Å². The topological polar surface area (TPSA) is 75.6 Å². The number of carboxylic acid groups (broad SMARTS) is 1. The van der Waals surface area contributed by atoms with Crippen molar-refractivity contribution in [2.75, 3.05) is 5.32 Å². The predicted octanol–water partition coefficient (Wildman–Crippen LogP) is 3.74. The van der Waals surface area contributed by atoms with Gasteiger partial charge in [0.25, 0.3) is 0 Å². The van der Waals surface area contributed by atoms with E-state index in [1.54, 1.807) is 18.2 Å². The van der Waals surface area contributed by atoms with Gasteiger partial charge in [-0.1, -0.05) is 24.3 Å². The van der Waals surface area contributed by atoms with Crippen molar-refractivity contribution in [3.05, 3.63) is 59.7 Å². The molecule has 24 heavy (non-hydrogen) atoms. The number of carboxylic acids is 1. The van der Waals surface area contributed by atoms with Gasteiger partial charge < -0.3 is 15.2 Å². The Labute approximate surface area is 141 Å². The minimum atomic E-state index is -0.987. The number of anilines is 1. The smallest absolute Gasteiger partial charge is 0.335 e. The summed E-state index contributed by atoms with van der Waals surface area (Å²) in [6.45, 7) is 5.82. The van der Waals surface area contributed by atoms with Gasteiger partial charge in [-0.15, -0.1) is 0 Å². The number of nitrogens with one attached hydrogen (secondary N) is 1. The van der Waals surface area contributed by atoms with Crippen LogP contribution in [0.3, 0.4) is 0 Å². The predicted molar refractivity (Wildman–Crippen MR) is 92.6 cm³/mol. The van der Waals surface area contributed by atoms with E-state index in [-0.39, 0.29) is 23.5 Å². The number of amides is 1. The van der Waals surface area contributed by atoms with Crippen LogP contribution in [0.5, 0.6) is 5.75 Å². The van der Waals surface area contributed by atoms with Gasteiger partial charge in [0.05, 0.1) is 17.7 Å². The van der Waals surface area contributed by atoms with Crippen molar-refractivity contribution in [3.8, 4) is 5.75 Å². The number of carbonyl (C=O) groups excluding carboxylic acids is 1. The second-order valence-electron chi connectivity index (χ2n) is 6.44. The third-order valence-electron chi connectivity index (χ3n) is 3.14. The fraction of sp³-hybridized carbons (Fsp3) is 0.263. The zero-order valence-corrected chi connectivity index (χ0v) is 14.0. The molecule has 126 valence electrons. The molecular formula is C19H21NO4. The first kappa shape index (κ1) is 17.5. The van der Waals surface area contributed by atoms with E-state index in [2.05, 4.69) is 5.32 Å². The molecule has 0 atom stereocenters. The normalized spacial score (nSPS) is 11.0. The molecule has 2 aromatic carbocycles. The Morgan fingerprint density at radius 2 is 1.67 bits per heavy atom. The Balaban J connectivity index is 2.06. The molecule has 5 nitrogen and oxygen atoms in total. The van der Waals surface area contributed by atoms with Crippen LogP contribution >= 0.6 is 0 Å². The van der Waals surface area contributed by atoms with Crippen molar-refractivity contribution in [1.29, 1.82) is 0 Å². The first-order chi connectivity index (χ1) is 11.2. The fourth-order valence-corrected chi connectivity index (χ4v) is 2.13. The molecule has 2 aromatic rings. The lowest BCUT2D eigenvalue weighted by Gasteiger charge is -2.23. The van der Waals surface area contributed by atoms with Crippen LogP contribution in [0, 0.1) is 0 Å². The van der Waals surface area contributed by atoms with Crippen LogP contribution in [0.2, 0.25) is 0 Å². The van der Waals surface area contributed by atoms with Gasteiger partial charge in [0, 0.05) is 0 Å². The first-order valence-electron chi connectivity index (χ1n) is 7.65. The molecule has 0 aliphatic rings. The molecule has 0 spiro atoms. The Morgan fingerprint density at radius 1 is 1.04 bits per heavy atom. The molecule has 0 aliphatic carbocycles. The monoisotopic (exact) mass is 327 g/mol. The van der Waals surface area contributed by atoms with Crippen LogP contribution in [-0.4, -0.2) is 22.6 Å². The van der Waals surface area contributed by atoms with Crippen molar-refractivity contribution in [3.63, 3.8) is 0 Å². The molecule has 0 heterocycles. The average Bonchev–Trinajstić information content (AvgIpc) is 2.48. The quantitative estimate of drug-likeness (QED) is 0.877. The first-order valence-corrected chi connectivity index (χ1v) is 7.65. The second-order valence-corrected chi connectivity index (χ2v) is 6.44. The van der Waals surface area contributed by atoms with E-state index in [0.29, 0.717) is 11.4 Å². The van der Waals surface area contributed by atoms with Gasteiger partial charge in [-0.25, -0.2) is 4.79 Å². The maximum Gasteiger partial charge on any atom is 0.335 e. The zero-order valence-electron chi connectivity index (χ0n) is 14.0. The highest BCUT2D eigenvalue weighted by Crippen LogP contribution is 2.27. The highest BCUT2D eigenvalue weighted by atomic mass is 16.5. The van der Waals surface area contributed by atoms with Crippen LogP contribution < -0.4 is 10.1 Å². The van der Waals surface area contributed by atoms with Gasteiger partial charge in [0.2, 0.25) is 5.91 Å². The van der Waals surface area contributed by atoms with Gasteiger partial charge in [-0.05, 0) is 50.6 Å². The minimum absolute atomic E-state index is 0.156. The van der Waals surface area contributed by atoms with Gasteiger partial charge in [0.15, 0.2) is 0 Å². The molecule has 0 fully saturated rings. The van der Waals surface area contributed by atoms with Crippen LogP contribution in [0.1, 0.15) is 36.7 Å².